The van der Waals surface area contributed by atoms with Gasteiger partial charge in [-0.1, -0.05) is 13.8 Å². The van der Waals surface area contributed by atoms with Crippen LogP contribution < -0.4 is 10.6 Å². The van der Waals surface area contributed by atoms with Gasteiger partial charge in [0.2, 0.25) is 5.95 Å². The molecule has 1 aromatic heterocycles. The molecule has 96 valence electrons. The first-order chi connectivity index (χ1) is 8.53. The molecule has 2 heterocycles. The Morgan fingerprint density at radius 1 is 1.28 bits per heavy atom. The van der Waals surface area contributed by atoms with Crippen molar-refractivity contribution in [3.63, 3.8) is 0 Å². The molecule has 1 aromatic carbocycles. The molecule has 0 saturated carbocycles. The number of hydrogen-bond donors (Lipinski definition) is 2. The van der Waals surface area contributed by atoms with Crippen LogP contribution in [0.3, 0.4) is 0 Å². The van der Waals surface area contributed by atoms with Crippen LogP contribution in [0.4, 0.5) is 11.6 Å². The van der Waals surface area contributed by atoms with E-state index in [1.165, 1.54) is 12.8 Å². The molecule has 0 amide bonds. The molecule has 1 aliphatic heterocycles. The van der Waals surface area contributed by atoms with Crippen molar-refractivity contribution >= 4 is 22.7 Å². The van der Waals surface area contributed by atoms with Gasteiger partial charge in [-0.15, -0.1) is 0 Å². The van der Waals surface area contributed by atoms with Gasteiger partial charge in [-0.25, -0.2) is 4.98 Å². The minimum absolute atomic E-state index is 0.465. The zero-order valence-corrected chi connectivity index (χ0v) is 11.0. The Bertz CT molecular complexity index is 560. The highest BCUT2D eigenvalue weighted by atomic mass is 15.3. The molecule has 0 unspecified atom stereocenters. The summed E-state index contributed by atoms with van der Waals surface area (Å²) in [6, 6.07) is 5.81. The quantitative estimate of drug-likeness (QED) is 0.758. The van der Waals surface area contributed by atoms with Gasteiger partial charge in [0, 0.05) is 18.8 Å². The van der Waals surface area contributed by atoms with Crippen LogP contribution in [0.25, 0.3) is 11.0 Å². The van der Waals surface area contributed by atoms with Gasteiger partial charge in [-0.2, -0.15) is 0 Å². The first kappa shape index (κ1) is 11.4. The smallest absolute Gasteiger partial charge is 0.203 e. The molecule has 0 radical (unpaired) electrons. The van der Waals surface area contributed by atoms with E-state index in [0.717, 1.165) is 35.8 Å². The van der Waals surface area contributed by atoms with Crippen LogP contribution in [0.5, 0.6) is 0 Å². The van der Waals surface area contributed by atoms with Gasteiger partial charge in [-0.3, -0.25) is 0 Å². The highest BCUT2D eigenvalue weighted by molar-refractivity contribution is 5.80. The molecule has 0 bridgehead atoms. The highest BCUT2D eigenvalue weighted by Gasteiger charge is 2.26. The van der Waals surface area contributed by atoms with Crippen LogP contribution in [-0.2, 0) is 0 Å². The number of H-pyrrole nitrogens is 1. The maximum atomic E-state index is 5.79. The third-order valence-electron chi connectivity index (χ3n) is 3.91. The Balaban J connectivity index is 1.87. The van der Waals surface area contributed by atoms with E-state index in [-0.39, 0.29) is 0 Å². The number of nitrogens with zero attached hydrogens (tertiary/aromatic N) is 2. The number of nitrogen functional groups attached to an aromatic ring is 1. The van der Waals surface area contributed by atoms with Crippen molar-refractivity contribution < 1.29 is 0 Å². The lowest BCUT2D eigenvalue weighted by Crippen LogP contribution is -2.37. The number of anilines is 2. The summed E-state index contributed by atoms with van der Waals surface area (Å²) in [5.74, 6) is 0.978. The molecule has 2 aromatic rings. The summed E-state index contributed by atoms with van der Waals surface area (Å²) in [4.78, 5) is 10.3. The summed E-state index contributed by atoms with van der Waals surface area (Å²) in [7, 11) is 0. The Hall–Kier alpha value is -1.71. The van der Waals surface area contributed by atoms with Gasteiger partial charge in [0.15, 0.2) is 0 Å². The minimum atomic E-state index is 0.465. The Morgan fingerprint density at radius 3 is 2.72 bits per heavy atom. The van der Waals surface area contributed by atoms with Crippen molar-refractivity contribution in [3.8, 4) is 0 Å². The Labute approximate surface area is 107 Å². The lowest BCUT2D eigenvalue weighted by atomic mass is 9.83. The maximum Gasteiger partial charge on any atom is 0.203 e. The number of hydrogen-bond acceptors (Lipinski definition) is 3. The normalized spacial score (nSPS) is 19.3. The van der Waals surface area contributed by atoms with Crippen molar-refractivity contribution in [2.75, 3.05) is 23.7 Å². The predicted molar refractivity (Wildman–Crippen MR) is 75.7 cm³/mol. The number of fused-ring (bicyclic) bond motifs is 1. The highest BCUT2D eigenvalue weighted by Crippen LogP contribution is 2.31. The van der Waals surface area contributed by atoms with Crippen molar-refractivity contribution in [1.29, 1.82) is 0 Å². The Kier molecular flexibility index (Phi) is 2.47. The third-order valence-corrected chi connectivity index (χ3v) is 3.91. The first-order valence-electron chi connectivity index (χ1n) is 6.54. The number of nitrogens with two attached hydrogens (primary N) is 1. The summed E-state index contributed by atoms with van der Waals surface area (Å²) in [5.41, 5.74) is 9.04. The molecule has 4 heteroatoms. The molecule has 18 heavy (non-hydrogen) atoms. The van der Waals surface area contributed by atoms with Crippen molar-refractivity contribution in [2.45, 2.75) is 26.7 Å². The fourth-order valence-corrected chi connectivity index (χ4v) is 2.49. The molecule has 3 rings (SSSR count). The fourth-order valence-electron chi connectivity index (χ4n) is 2.49. The number of rotatable bonds is 1. The fraction of sp³-hybridized carbons (Fsp3) is 0.500. The van der Waals surface area contributed by atoms with Gasteiger partial charge < -0.3 is 15.6 Å². The molecule has 3 N–H and O–H groups in total. The van der Waals surface area contributed by atoms with Crippen molar-refractivity contribution in [2.24, 2.45) is 5.41 Å². The summed E-state index contributed by atoms with van der Waals surface area (Å²) in [6.07, 6.45) is 2.43. The Morgan fingerprint density at radius 2 is 2.00 bits per heavy atom. The van der Waals surface area contributed by atoms with Crippen LogP contribution in [-0.4, -0.2) is 23.1 Å². The number of benzene rings is 1. The van der Waals surface area contributed by atoms with E-state index >= 15 is 0 Å². The van der Waals surface area contributed by atoms with E-state index in [0.29, 0.717) is 5.41 Å². The molecule has 1 fully saturated rings. The molecule has 0 atom stereocenters. The molecular weight excluding hydrogens is 224 g/mol. The zero-order chi connectivity index (χ0) is 12.8. The monoisotopic (exact) mass is 244 g/mol. The van der Waals surface area contributed by atoms with E-state index in [9.17, 15) is 0 Å². The average molecular weight is 244 g/mol. The van der Waals surface area contributed by atoms with E-state index in [4.69, 9.17) is 5.73 Å². The van der Waals surface area contributed by atoms with Gasteiger partial charge in [0.25, 0.3) is 0 Å². The molecule has 0 spiro atoms. The molecule has 4 nitrogen and oxygen atoms in total. The second-order valence-electron chi connectivity index (χ2n) is 5.99. The van der Waals surface area contributed by atoms with E-state index < -0.39 is 0 Å². The van der Waals surface area contributed by atoms with Crippen LogP contribution in [0, 0.1) is 5.41 Å². The number of aromatic amines is 1. The molecule has 0 aliphatic carbocycles. The standard InChI is InChI=1S/C14H20N4/c1-14(2)5-7-18(8-6-14)13-16-11-4-3-10(15)9-12(11)17-13/h3-4,9H,5-8,15H2,1-2H3,(H,16,17). The molecule has 1 aliphatic rings. The number of nitrogens with one attached hydrogen (secondary N) is 1. The van der Waals surface area contributed by atoms with Crippen LogP contribution in [0.1, 0.15) is 26.7 Å². The van der Waals surface area contributed by atoms with Crippen LogP contribution in [0.15, 0.2) is 18.2 Å². The molecular formula is C14H20N4. The van der Waals surface area contributed by atoms with Gasteiger partial charge in [0.05, 0.1) is 11.0 Å². The molecule has 1 saturated heterocycles. The summed E-state index contributed by atoms with van der Waals surface area (Å²) in [5, 5.41) is 0. The second-order valence-corrected chi connectivity index (χ2v) is 5.99. The van der Waals surface area contributed by atoms with Gasteiger partial charge in [-0.05, 0) is 36.5 Å². The van der Waals surface area contributed by atoms with Crippen LogP contribution in [0.2, 0.25) is 0 Å². The summed E-state index contributed by atoms with van der Waals surface area (Å²) in [6.45, 7) is 6.82. The lowest BCUT2D eigenvalue weighted by molar-refractivity contribution is 0.278. The maximum absolute atomic E-state index is 5.79. The second kappa shape index (κ2) is 3.90. The average Bonchev–Trinajstić information content (AvgIpc) is 2.71. The lowest BCUT2D eigenvalue weighted by Gasteiger charge is -2.36. The van der Waals surface area contributed by atoms with Gasteiger partial charge in [0.1, 0.15) is 0 Å². The van der Waals surface area contributed by atoms with Gasteiger partial charge >= 0.3 is 0 Å². The predicted octanol–water partition coefficient (Wildman–Crippen LogP) is 2.77. The van der Waals surface area contributed by atoms with Crippen molar-refractivity contribution in [1.82, 2.24) is 9.97 Å². The topological polar surface area (TPSA) is 57.9 Å². The summed E-state index contributed by atoms with van der Waals surface area (Å²) >= 11 is 0. The first-order valence-corrected chi connectivity index (χ1v) is 6.54. The number of piperidine rings is 1. The van der Waals surface area contributed by atoms with Crippen LogP contribution >= 0.6 is 0 Å². The van der Waals surface area contributed by atoms with E-state index in [2.05, 4.69) is 28.7 Å². The number of aromatic nitrogens is 2. The van der Waals surface area contributed by atoms with Crippen molar-refractivity contribution in [3.05, 3.63) is 18.2 Å². The van der Waals surface area contributed by atoms with E-state index in [1.807, 2.05) is 18.2 Å². The zero-order valence-electron chi connectivity index (χ0n) is 11.0. The number of imidazole rings is 1. The largest absolute Gasteiger partial charge is 0.399 e. The van der Waals surface area contributed by atoms with E-state index in [1.54, 1.807) is 0 Å². The summed E-state index contributed by atoms with van der Waals surface area (Å²) < 4.78 is 0. The minimum Gasteiger partial charge on any atom is -0.399 e. The SMILES string of the molecule is CC1(C)CCN(c2nc3ccc(N)cc3[nH]2)CC1. The third kappa shape index (κ3) is 2.03.